The lowest BCUT2D eigenvalue weighted by Gasteiger charge is -2.16. The Bertz CT molecular complexity index is 424. The molecule has 4 nitrogen and oxygen atoms in total. The van der Waals surface area contributed by atoms with Gasteiger partial charge in [-0.05, 0) is 31.5 Å². The van der Waals surface area contributed by atoms with E-state index in [2.05, 4.69) is 0 Å². The molecule has 0 unspecified atom stereocenters. The molecule has 0 aliphatic heterocycles. The van der Waals surface area contributed by atoms with Gasteiger partial charge in [-0.3, -0.25) is 4.79 Å². The number of hydrogen-bond acceptors (Lipinski definition) is 3. The van der Waals surface area contributed by atoms with Crippen LogP contribution in [0.4, 0.5) is 4.39 Å². The molecule has 1 rings (SSSR count). The molecule has 0 aliphatic rings. The summed E-state index contributed by atoms with van der Waals surface area (Å²) >= 11 is 0. The lowest BCUT2D eigenvalue weighted by molar-refractivity contribution is -0.130. The van der Waals surface area contributed by atoms with E-state index in [0.29, 0.717) is 24.4 Å². The van der Waals surface area contributed by atoms with Crippen molar-refractivity contribution in [2.75, 3.05) is 26.7 Å². The molecule has 0 radical (unpaired) electrons. The van der Waals surface area contributed by atoms with Crippen molar-refractivity contribution in [1.29, 1.82) is 0 Å². The summed E-state index contributed by atoms with van der Waals surface area (Å²) in [6.45, 7) is 3.15. The van der Waals surface area contributed by atoms with Gasteiger partial charge in [0.25, 0.3) is 0 Å². The maximum atomic E-state index is 13.3. The zero-order valence-corrected chi connectivity index (χ0v) is 11.5. The largest absolute Gasteiger partial charge is 0.493 e. The summed E-state index contributed by atoms with van der Waals surface area (Å²) < 4.78 is 18.6. The number of hydrogen-bond donors (Lipinski definition) is 1. The number of nitrogens with zero attached hydrogens (tertiary/aromatic N) is 1. The lowest BCUT2D eigenvalue weighted by atomic mass is 10.2. The number of amides is 1. The SMILES string of the molecule is Cc1ccc(OCCC(=O)N(C)CCCN)cc1F. The molecule has 1 amide bonds. The second-order valence-electron chi connectivity index (χ2n) is 4.47. The van der Waals surface area contributed by atoms with Crippen LogP contribution in [0.1, 0.15) is 18.4 Å². The van der Waals surface area contributed by atoms with Gasteiger partial charge in [-0.25, -0.2) is 4.39 Å². The predicted molar refractivity (Wildman–Crippen MR) is 72.6 cm³/mol. The van der Waals surface area contributed by atoms with Crippen molar-refractivity contribution >= 4 is 5.91 Å². The van der Waals surface area contributed by atoms with Crippen LogP contribution in [0.25, 0.3) is 0 Å². The Morgan fingerprint density at radius 3 is 2.84 bits per heavy atom. The molecule has 1 aromatic rings. The number of nitrogens with two attached hydrogens (primary N) is 1. The van der Waals surface area contributed by atoms with Crippen LogP contribution in [-0.4, -0.2) is 37.6 Å². The second-order valence-corrected chi connectivity index (χ2v) is 4.47. The van der Waals surface area contributed by atoms with Crippen molar-refractivity contribution in [3.05, 3.63) is 29.6 Å². The number of carbonyl (C=O) groups is 1. The third kappa shape index (κ3) is 5.26. The third-order valence-corrected chi connectivity index (χ3v) is 2.85. The van der Waals surface area contributed by atoms with E-state index in [1.54, 1.807) is 31.0 Å². The van der Waals surface area contributed by atoms with Crippen LogP contribution in [0.5, 0.6) is 5.75 Å². The smallest absolute Gasteiger partial charge is 0.225 e. The Kier molecular flexibility index (Phi) is 6.29. The predicted octanol–water partition coefficient (Wildman–Crippen LogP) is 1.71. The molecule has 0 atom stereocenters. The molecule has 0 bridgehead atoms. The van der Waals surface area contributed by atoms with E-state index >= 15 is 0 Å². The van der Waals surface area contributed by atoms with E-state index < -0.39 is 0 Å². The fraction of sp³-hybridized carbons (Fsp3) is 0.500. The Hall–Kier alpha value is -1.62. The van der Waals surface area contributed by atoms with Crippen molar-refractivity contribution in [2.45, 2.75) is 19.8 Å². The number of benzene rings is 1. The number of carbonyl (C=O) groups excluding carboxylic acids is 1. The standard InChI is InChI=1S/C14H21FN2O2/c1-11-4-5-12(10-13(11)15)19-9-6-14(18)17(2)8-3-7-16/h4-5,10H,3,6-9,16H2,1-2H3. The summed E-state index contributed by atoms with van der Waals surface area (Å²) in [7, 11) is 1.74. The van der Waals surface area contributed by atoms with Crippen LogP contribution in [0.3, 0.4) is 0 Å². The van der Waals surface area contributed by atoms with Gasteiger partial charge in [0.2, 0.25) is 5.91 Å². The van der Waals surface area contributed by atoms with Crippen LogP contribution < -0.4 is 10.5 Å². The first kappa shape index (κ1) is 15.4. The average molecular weight is 268 g/mol. The molecule has 1 aromatic carbocycles. The first-order chi connectivity index (χ1) is 9.04. The summed E-state index contributed by atoms with van der Waals surface area (Å²) in [4.78, 5) is 13.3. The number of aryl methyl sites for hydroxylation is 1. The van der Waals surface area contributed by atoms with Gasteiger partial charge in [0.05, 0.1) is 13.0 Å². The molecule has 0 saturated heterocycles. The molecule has 0 spiro atoms. The minimum Gasteiger partial charge on any atom is -0.493 e. The van der Waals surface area contributed by atoms with Crippen molar-refractivity contribution in [3.63, 3.8) is 0 Å². The fourth-order valence-electron chi connectivity index (χ4n) is 1.56. The summed E-state index contributed by atoms with van der Waals surface area (Å²) in [5, 5.41) is 0. The number of ether oxygens (including phenoxy) is 1. The molecule has 2 N–H and O–H groups in total. The summed E-state index contributed by atoms with van der Waals surface area (Å²) in [6.07, 6.45) is 1.06. The summed E-state index contributed by atoms with van der Waals surface area (Å²) in [6, 6.07) is 4.68. The summed E-state index contributed by atoms with van der Waals surface area (Å²) in [5.41, 5.74) is 5.96. The minimum atomic E-state index is -0.302. The van der Waals surface area contributed by atoms with Gasteiger partial charge in [0.15, 0.2) is 0 Å². The van der Waals surface area contributed by atoms with Gasteiger partial charge in [0, 0.05) is 19.7 Å². The fourth-order valence-corrected chi connectivity index (χ4v) is 1.56. The first-order valence-electron chi connectivity index (χ1n) is 6.37. The Morgan fingerprint density at radius 1 is 1.47 bits per heavy atom. The van der Waals surface area contributed by atoms with Crippen molar-refractivity contribution < 1.29 is 13.9 Å². The highest BCUT2D eigenvalue weighted by atomic mass is 19.1. The normalized spacial score (nSPS) is 10.3. The molecule has 19 heavy (non-hydrogen) atoms. The van der Waals surface area contributed by atoms with E-state index in [1.807, 2.05) is 0 Å². The van der Waals surface area contributed by atoms with Gasteiger partial charge >= 0.3 is 0 Å². The number of halogens is 1. The molecule has 106 valence electrons. The van der Waals surface area contributed by atoms with Crippen LogP contribution in [0.15, 0.2) is 18.2 Å². The average Bonchev–Trinajstić information content (AvgIpc) is 2.39. The highest BCUT2D eigenvalue weighted by Gasteiger charge is 2.08. The first-order valence-corrected chi connectivity index (χ1v) is 6.37. The zero-order valence-electron chi connectivity index (χ0n) is 11.5. The Labute approximate surface area is 113 Å². The van der Waals surface area contributed by atoms with Gasteiger partial charge in [0.1, 0.15) is 11.6 Å². The highest BCUT2D eigenvalue weighted by molar-refractivity contribution is 5.75. The summed E-state index contributed by atoms with van der Waals surface area (Å²) in [5.74, 6) is 0.144. The molecule has 0 aromatic heterocycles. The lowest BCUT2D eigenvalue weighted by Crippen LogP contribution is -2.30. The monoisotopic (exact) mass is 268 g/mol. The molecule has 0 saturated carbocycles. The van der Waals surface area contributed by atoms with E-state index in [1.165, 1.54) is 6.07 Å². The van der Waals surface area contributed by atoms with Gasteiger partial charge in [-0.1, -0.05) is 6.07 Å². The van der Waals surface area contributed by atoms with E-state index in [4.69, 9.17) is 10.5 Å². The van der Waals surface area contributed by atoms with Crippen molar-refractivity contribution in [1.82, 2.24) is 4.90 Å². The Balaban J connectivity index is 2.33. The quantitative estimate of drug-likeness (QED) is 0.819. The molecule has 0 aliphatic carbocycles. The van der Waals surface area contributed by atoms with E-state index in [0.717, 1.165) is 6.42 Å². The van der Waals surface area contributed by atoms with Crippen LogP contribution in [-0.2, 0) is 4.79 Å². The maximum Gasteiger partial charge on any atom is 0.225 e. The highest BCUT2D eigenvalue weighted by Crippen LogP contribution is 2.15. The van der Waals surface area contributed by atoms with E-state index in [-0.39, 0.29) is 24.8 Å². The van der Waals surface area contributed by atoms with Crippen LogP contribution >= 0.6 is 0 Å². The van der Waals surface area contributed by atoms with Crippen molar-refractivity contribution in [3.8, 4) is 5.75 Å². The molecule has 0 heterocycles. The van der Waals surface area contributed by atoms with Gasteiger partial charge in [-0.2, -0.15) is 0 Å². The molecule has 5 heteroatoms. The second kappa shape index (κ2) is 7.74. The third-order valence-electron chi connectivity index (χ3n) is 2.85. The van der Waals surface area contributed by atoms with Gasteiger partial charge in [-0.15, -0.1) is 0 Å². The molecular formula is C14H21FN2O2. The van der Waals surface area contributed by atoms with Crippen LogP contribution in [0.2, 0.25) is 0 Å². The van der Waals surface area contributed by atoms with E-state index in [9.17, 15) is 9.18 Å². The topological polar surface area (TPSA) is 55.6 Å². The molecular weight excluding hydrogens is 247 g/mol. The minimum absolute atomic E-state index is 0.000957. The van der Waals surface area contributed by atoms with Crippen molar-refractivity contribution in [2.24, 2.45) is 5.73 Å². The van der Waals surface area contributed by atoms with Crippen LogP contribution in [0, 0.1) is 12.7 Å². The maximum absolute atomic E-state index is 13.3. The number of rotatable bonds is 7. The Morgan fingerprint density at radius 2 is 2.21 bits per heavy atom. The van der Waals surface area contributed by atoms with Gasteiger partial charge < -0.3 is 15.4 Å². The zero-order chi connectivity index (χ0) is 14.3. The molecule has 0 fully saturated rings.